The summed E-state index contributed by atoms with van der Waals surface area (Å²) >= 11 is 0. The van der Waals surface area contributed by atoms with Gasteiger partial charge in [-0.05, 0) is 25.3 Å². The molecule has 5 heteroatoms. The molecule has 2 heterocycles. The highest BCUT2D eigenvalue weighted by atomic mass is 16.5. The van der Waals surface area contributed by atoms with E-state index in [0.717, 1.165) is 17.7 Å². The first kappa shape index (κ1) is 13.9. The third-order valence-electron chi connectivity index (χ3n) is 4.34. The number of benzene rings is 1. The molecule has 1 saturated heterocycles. The number of likely N-dealkylation sites (tertiary alicyclic amines) is 1. The highest BCUT2D eigenvalue weighted by molar-refractivity contribution is 5.85. The van der Waals surface area contributed by atoms with Crippen LogP contribution in [-0.2, 0) is 9.59 Å². The molecule has 5 nitrogen and oxygen atoms in total. The molecule has 21 heavy (non-hydrogen) atoms. The number of carbonyl (C=O) groups is 2. The smallest absolute Gasteiger partial charge is 0.308 e. The number of para-hydroxylation sites is 1. The number of aliphatic carboxylic acids is 1. The topological polar surface area (TPSA) is 66.8 Å². The van der Waals surface area contributed by atoms with Crippen LogP contribution in [0.1, 0.15) is 30.7 Å². The zero-order chi connectivity index (χ0) is 14.8. The number of amides is 1. The second kappa shape index (κ2) is 5.76. The number of hydrogen-bond donors (Lipinski definition) is 1. The van der Waals surface area contributed by atoms with E-state index in [1.165, 1.54) is 0 Å². The van der Waals surface area contributed by atoms with Crippen LogP contribution in [0.4, 0.5) is 0 Å². The van der Waals surface area contributed by atoms with Gasteiger partial charge in [0.2, 0.25) is 5.91 Å². The Hall–Kier alpha value is -2.04. The van der Waals surface area contributed by atoms with Gasteiger partial charge in [0.15, 0.2) is 0 Å². The van der Waals surface area contributed by atoms with Gasteiger partial charge < -0.3 is 14.7 Å². The molecule has 1 aromatic rings. The first-order chi connectivity index (χ1) is 10.2. The summed E-state index contributed by atoms with van der Waals surface area (Å²) < 4.78 is 5.59. The fraction of sp³-hybridized carbons (Fsp3) is 0.500. The second-order valence-electron chi connectivity index (χ2n) is 5.69. The number of carboxylic acids is 1. The van der Waals surface area contributed by atoms with Gasteiger partial charge in [0.1, 0.15) is 5.75 Å². The van der Waals surface area contributed by atoms with Gasteiger partial charge in [-0.15, -0.1) is 0 Å². The molecule has 1 fully saturated rings. The van der Waals surface area contributed by atoms with Gasteiger partial charge in [0.05, 0.1) is 18.4 Å². The third kappa shape index (κ3) is 2.73. The van der Waals surface area contributed by atoms with Crippen LogP contribution in [0.25, 0.3) is 0 Å². The van der Waals surface area contributed by atoms with Crippen molar-refractivity contribution in [1.29, 1.82) is 0 Å². The summed E-state index contributed by atoms with van der Waals surface area (Å²) in [4.78, 5) is 25.6. The standard InChI is InChI=1S/C16H19NO4/c18-15(17-8-3-4-11(10-17)16(19)20)13-7-9-21-14-6-2-1-5-12(13)14/h1-2,5-6,11,13H,3-4,7-10H2,(H,19,20)/t11-,13?/m1/s1. The molecule has 2 aliphatic rings. The molecule has 0 bridgehead atoms. The Bertz CT molecular complexity index is 557. The van der Waals surface area contributed by atoms with Crippen molar-refractivity contribution in [2.24, 2.45) is 5.92 Å². The number of carbonyl (C=O) groups excluding carboxylic acids is 1. The van der Waals surface area contributed by atoms with Crippen LogP contribution in [0.5, 0.6) is 5.75 Å². The number of nitrogens with zero attached hydrogens (tertiary/aromatic N) is 1. The van der Waals surface area contributed by atoms with Crippen LogP contribution in [0, 0.1) is 5.92 Å². The average molecular weight is 289 g/mol. The van der Waals surface area contributed by atoms with E-state index in [9.17, 15) is 9.59 Å². The molecule has 0 radical (unpaired) electrons. The summed E-state index contributed by atoms with van der Waals surface area (Å²) in [6.45, 7) is 1.51. The van der Waals surface area contributed by atoms with Crippen molar-refractivity contribution in [3.63, 3.8) is 0 Å². The van der Waals surface area contributed by atoms with Gasteiger partial charge in [-0.3, -0.25) is 9.59 Å². The van der Waals surface area contributed by atoms with Gasteiger partial charge in [0.25, 0.3) is 0 Å². The van der Waals surface area contributed by atoms with E-state index in [1.807, 2.05) is 24.3 Å². The molecular formula is C16H19NO4. The molecule has 0 aromatic heterocycles. The molecule has 0 aliphatic carbocycles. The van der Waals surface area contributed by atoms with E-state index in [0.29, 0.717) is 32.5 Å². The summed E-state index contributed by atoms with van der Waals surface area (Å²) in [5.74, 6) is -0.634. The lowest BCUT2D eigenvalue weighted by Crippen LogP contribution is -2.45. The van der Waals surface area contributed by atoms with E-state index < -0.39 is 11.9 Å². The number of ether oxygens (including phenoxy) is 1. The lowest BCUT2D eigenvalue weighted by atomic mass is 9.90. The van der Waals surface area contributed by atoms with Crippen molar-refractivity contribution in [2.45, 2.75) is 25.2 Å². The monoisotopic (exact) mass is 289 g/mol. The number of fused-ring (bicyclic) bond motifs is 1. The highest BCUT2D eigenvalue weighted by Crippen LogP contribution is 2.35. The predicted molar refractivity (Wildman–Crippen MR) is 76.2 cm³/mol. The highest BCUT2D eigenvalue weighted by Gasteiger charge is 2.34. The van der Waals surface area contributed by atoms with Crippen LogP contribution in [0.3, 0.4) is 0 Å². The van der Waals surface area contributed by atoms with Gasteiger partial charge >= 0.3 is 5.97 Å². The summed E-state index contributed by atoms with van der Waals surface area (Å²) in [5.41, 5.74) is 0.922. The molecular weight excluding hydrogens is 270 g/mol. The molecule has 2 aliphatic heterocycles. The van der Waals surface area contributed by atoms with Gasteiger partial charge in [-0.1, -0.05) is 18.2 Å². The summed E-state index contributed by atoms with van der Waals surface area (Å²) in [7, 11) is 0. The van der Waals surface area contributed by atoms with E-state index in [2.05, 4.69) is 0 Å². The van der Waals surface area contributed by atoms with Crippen molar-refractivity contribution >= 4 is 11.9 Å². The van der Waals surface area contributed by atoms with Crippen molar-refractivity contribution in [3.05, 3.63) is 29.8 Å². The van der Waals surface area contributed by atoms with Gasteiger partial charge in [-0.2, -0.15) is 0 Å². The van der Waals surface area contributed by atoms with Gasteiger partial charge in [0, 0.05) is 18.7 Å². The Morgan fingerprint density at radius 1 is 1.24 bits per heavy atom. The molecule has 1 aromatic carbocycles. The van der Waals surface area contributed by atoms with Crippen molar-refractivity contribution in [2.75, 3.05) is 19.7 Å². The summed E-state index contributed by atoms with van der Waals surface area (Å²) in [6, 6.07) is 7.61. The first-order valence-corrected chi connectivity index (χ1v) is 7.40. The first-order valence-electron chi connectivity index (χ1n) is 7.40. The zero-order valence-corrected chi connectivity index (χ0v) is 11.8. The number of hydrogen-bond acceptors (Lipinski definition) is 3. The molecule has 0 spiro atoms. The van der Waals surface area contributed by atoms with Crippen LogP contribution < -0.4 is 4.74 Å². The minimum Gasteiger partial charge on any atom is -0.493 e. The predicted octanol–water partition coefficient (Wildman–Crippen LogP) is 1.88. The number of piperidine rings is 1. The number of carboxylic acid groups (broad SMARTS) is 1. The summed E-state index contributed by atoms with van der Waals surface area (Å²) in [6.07, 6.45) is 2.07. The van der Waals surface area contributed by atoms with Crippen LogP contribution in [-0.4, -0.2) is 41.6 Å². The lowest BCUT2D eigenvalue weighted by molar-refractivity contribution is -0.146. The maximum absolute atomic E-state index is 12.8. The second-order valence-corrected chi connectivity index (χ2v) is 5.69. The number of rotatable bonds is 2. The quantitative estimate of drug-likeness (QED) is 0.902. The maximum Gasteiger partial charge on any atom is 0.308 e. The van der Waals surface area contributed by atoms with Crippen LogP contribution >= 0.6 is 0 Å². The SMILES string of the molecule is O=C(O)[C@@H]1CCCN(C(=O)C2CCOc3ccccc32)C1. The van der Waals surface area contributed by atoms with E-state index in [-0.39, 0.29) is 11.8 Å². The molecule has 0 saturated carbocycles. The lowest BCUT2D eigenvalue weighted by Gasteiger charge is -2.35. The van der Waals surface area contributed by atoms with Crippen LogP contribution in [0.2, 0.25) is 0 Å². The van der Waals surface area contributed by atoms with Gasteiger partial charge in [-0.25, -0.2) is 0 Å². The minimum absolute atomic E-state index is 0.0386. The van der Waals surface area contributed by atoms with Crippen molar-refractivity contribution in [1.82, 2.24) is 4.90 Å². The Kier molecular flexibility index (Phi) is 3.82. The molecule has 2 atom stereocenters. The fourth-order valence-electron chi connectivity index (χ4n) is 3.20. The van der Waals surface area contributed by atoms with Crippen molar-refractivity contribution in [3.8, 4) is 5.75 Å². The average Bonchev–Trinajstić information content (AvgIpc) is 2.53. The Morgan fingerprint density at radius 3 is 2.86 bits per heavy atom. The molecule has 112 valence electrons. The van der Waals surface area contributed by atoms with Crippen molar-refractivity contribution < 1.29 is 19.4 Å². The molecule has 1 amide bonds. The minimum atomic E-state index is -0.806. The largest absolute Gasteiger partial charge is 0.493 e. The Morgan fingerprint density at radius 2 is 2.05 bits per heavy atom. The molecule has 1 N–H and O–H groups in total. The Labute approximate surface area is 123 Å². The van der Waals surface area contributed by atoms with E-state index >= 15 is 0 Å². The fourth-order valence-corrected chi connectivity index (χ4v) is 3.20. The summed E-state index contributed by atoms with van der Waals surface area (Å²) in [5, 5.41) is 9.15. The van der Waals surface area contributed by atoms with E-state index in [4.69, 9.17) is 9.84 Å². The maximum atomic E-state index is 12.8. The normalized spacial score (nSPS) is 24.9. The third-order valence-corrected chi connectivity index (χ3v) is 4.34. The van der Waals surface area contributed by atoms with Crippen LogP contribution in [0.15, 0.2) is 24.3 Å². The van der Waals surface area contributed by atoms with E-state index in [1.54, 1.807) is 4.90 Å². The Balaban J connectivity index is 1.78. The molecule has 3 rings (SSSR count). The zero-order valence-electron chi connectivity index (χ0n) is 11.8. The molecule has 1 unspecified atom stereocenters.